The first-order valence-electron chi connectivity index (χ1n) is 10.2. The second kappa shape index (κ2) is 10.6. The standard InChI is InChI=1S/C23H32N4O3/c1-24-23(26-17-11-13-27(16-17)18-8-6-5-7-9-18)25-12-10-20-21(29-3)14-19(28-2)15-22(20)30-4/h5-9,14-15,17H,10-13,16H2,1-4H3,(H2,24,25,26). The number of aliphatic imine (C=N–C) groups is 1. The van der Waals surface area contributed by atoms with Crippen molar-refractivity contribution in [3.05, 3.63) is 48.0 Å². The Morgan fingerprint density at radius 1 is 1.07 bits per heavy atom. The van der Waals surface area contributed by atoms with Crippen molar-refractivity contribution in [2.24, 2.45) is 4.99 Å². The van der Waals surface area contributed by atoms with E-state index in [-0.39, 0.29) is 0 Å². The molecule has 30 heavy (non-hydrogen) atoms. The van der Waals surface area contributed by atoms with E-state index in [1.54, 1.807) is 28.4 Å². The van der Waals surface area contributed by atoms with Gasteiger partial charge in [-0.2, -0.15) is 0 Å². The number of guanidine groups is 1. The van der Waals surface area contributed by atoms with Gasteiger partial charge < -0.3 is 29.7 Å². The number of nitrogens with one attached hydrogen (secondary N) is 2. The summed E-state index contributed by atoms with van der Waals surface area (Å²) in [6, 6.07) is 14.6. The van der Waals surface area contributed by atoms with Gasteiger partial charge in [-0.3, -0.25) is 4.99 Å². The molecule has 1 aliphatic rings. The number of anilines is 1. The van der Waals surface area contributed by atoms with Crippen molar-refractivity contribution in [2.75, 3.05) is 52.9 Å². The predicted molar refractivity (Wildman–Crippen MR) is 121 cm³/mol. The molecule has 2 aromatic rings. The van der Waals surface area contributed by atoms with Crippen molar-refractivity contribution in [1.29, 1.82) is 0 Å². The topological polar surface area (TPSA) is 67.4 Å². The Hall–Kier alpha value is -3.09. The Balaban J connectivity index is 1.54. The van der Waals surface area contributed by atoms with Crippen LogP contribution >= 0.6 is 0 Å². The van der Waals surface area contributed by atoms with E-state index in [9.17, 15) is 0 Å². The lowest BCUT2D eigenvalue weighted by molar-refractivity contribution is 0.368. The van der Waals surface area contributed by atoms with Gasteiger partial charge in [0.2, 0.25) is 0 Å². The largest absolute Gasteiger partial charge is 0.496 e. The van der Waals surface area contributed by atoms with Crippen molar-refractivity contribution in [3.8, 4) is 17.2 Å². The number of benzene rings is 2. The monoisotopic (exact) mass is 412 g/mol. The number of hydrogen-bond donors (Lipinski definition) is 2. The molecular weight excluding hydrogens is 380 g/mol. The highest BCUT2D eigenvalue weighted by Gasteiger charge is 2.23. The normalized spacial score (nSPS) is 16.3. The van der Waals surface area contributed by atoms with Crippen LogP contribution in [0, 0.1) is 0 Å². The third-order valence-electron chi connectivity index (χ3n) is 5.36. The van der Waals surface area contributed by atoms with Gasteiger partial charge in [0.1, 0.15) is 17.2 Å². The second-order valence-corrected chi connectivity index (χ2v) is 7.17. The summed E-state index contributed by atoms with van der Waals surface area (Å²) < 4.78 is 16.4. The lowest BCUT2D eigenvalue weighted by Gasteiger charge is -2.20. The van der Waals surface area contributed by atoms with Crippen LogP contribution in [0.3, 0.4) is 0 Å². The van der Waals surface area contributed by atoms with Crippen molar-refractivity contribution in [2.45, 2.75) is 18.9 Å². The molecule has 0 bridgehead atoms. The van der Waals surface area contributed by atoms with Gasteiger partial charge in [-0.15, -0.1) is 0 Å². The summed E-state index contributed by atoms with van der Waals surface area (Å²) in [6.45, 7) is 2.71. The van der Waals surface area contributed by atoms with Crippen LogP contribution in [0.4, 0.5) is 5.69 Å². The van der Waals surface area contributed by atoms with E-state index < -0.39 is 0 Å². The number of para-hydroxylation sites is 1. The lowest BCUT2D eigenvalue weighted by atomic mass is 10.1. The van der Waals surface area contributed by atoms with Gasteiger partial charge in [-0.05, 0) is 25.0 Å². The van der Waals surface area contributed by atoms with Crippen LogP contribution in [0.1, 0.15) is 12.0 Å². The lowest BCUT2D eigenvalue weighted by Crippen LogP contribution is -2.45. The third-order valence-corrected chi connectivity index (χ3v) is 5.36. The summed E-state index contributed by atoms with van der Waals surface area (Å²) in [7, 11) is 6.75. The summed E-state index contributed by atoms with van der Waals surface area (Å²) in [6.07, 6.45) is 1.81. The zero-order chi connectivity index (χ0) is 21.3. The third kappa shape index (κ3) is 5.28. The van der Waals surface area contributed by atoms with Gasteiger partial charge in [-0.25, -0.2) is 0 Å². The molecule has 0 saturated carbocycles. The number of nitrogens with zero attached hydrogens (tertiary/aromatic N) is 2. The molecule has 1 heterocycles. The zero-order valence-corrected chi connectivity index (χ0v) is 18.3. The molecule has 0 aliphatic carbocycles. The SMILES string of the molecule is CN=C(NCCc1c(OC)cc(OC)cc1OC)NC1CCN(c2ccccc2)C1. The number of rotatable bonds is 8. The van der Waals surface area contributed by atoms with Crippen LogP contribution in [0.25, 0.3) is 0 Å². The minimum absolute atomic E-state index is 0.362. The smallest absolute Gasteiger partial charge is 0.191 e. The van der Waals surface area contributed by atoms with Crippen LogP contribution in [0.15, 0.2) is 47.5 Å². The number of ether oxygens (including phenoxy) is 3. The van der Waals surface area contributed by atoms with E-state index in [2.05, 4.69) is 44.8 Å². The molecule has 0 radical (unpaired) electrons. The van der Waals surface area contributed by atoms with Crippen molar-refractivity contribution in [1.82, 2.24) is 10.6 Å². The van der Waals surface area contributed by atoms with Crippen molar-refractivity contribution < 1.29 is 14.2 Å². The zero-order valence-electron chi connectivity index (χ0n) is 18.3. The first-order valence-corrected chi connectivity index (χ1v) is 10.2. The van der Waals surface area contributed by atoms with E-state index in [0.29, 0.717) is 18.3 Å². The van der Waals surface area contributed by atoms with Gasteiger partial charge in [0, 0.05) is 56.1 Å². The Bertz CT molecular complexity index is 817. The van der Waals surface area contributed by atoms with Crippen LogP contribution < -0.4 is 29.7 Å². The minimum Gasteiger partial charge on any atom is -0.496 e. The summed E-state index contributed by atoms with van der Waals surface area (Å²) >= 11 is 0. The summed E-state index contributed by atoms with van der Waals surface area (Å²) in [4.78, 5) is 6.79. The van der Waals surface area contributed by atoms with E-state index in [4.69, 9.17) is 14.2 Å². The molecule has 2 N–H and O–H groups in total. The molecular formula is C23H32N4O3. The highest BCUT2D eigenvalue weighted by atomic mass is 16.5. The molecule has 7 heteroatoms. The Morgan fingerprint density at radius 2 is 1.77 bits per heavy atom. The Labute approximate surface area is 179 Å². The Kier molecular flexibility index (Phi) is 7.65. The van der Waals surface area contributed by atoms with E-state index in [0.717, 1.165) is 49.0 Å². The fourth-order valence-electron chi connectivity index (χ4n) is 3.77. The van der Waals surface area contributed by atoms with Gasteiger partial charge >= 0.3 is 0 Å². The average Bonchev–Trinajstić information content (AvgIpc) is 3.27. The Morgan fingerprint density at radius 3 is 2.37 bits per heavy atom. The molecule has 1 unspecified atom stereocenters. The van der Waals surface area contributed by atoms with Gasteiger partial charge in [-0.1, -0.05) is 18.2 Å². The fraction of sp³-hybridized carbons (Fsp3) is 0.435. The van der Waals surface area contributed by atoms with Crippen LogP contribution in [0.2, 0.25) is 0 Å². The van der Waals surface area contributed by atoms with Crippen LogP contribution in [-0.2, 0) is 6.42 Å². The molecule has 0 spiro atoms. The predicted octanol–water partition coefficient (Wildman–Crippen LogP) is 2.70. The fourth-order valence-corrected chi connectivity index (χ4v) is 3.77. The van der Waals surface area contributed by atoms with Crippen LogP contribution in [0.5, 0.6) is 17.2 Å². The van der Waals surface area contributed by atoms with Crippen molar-refractivity contribution in [3.63, 3.8) is 0 Å². The molecule has 1 aliphatic heterocycles. The maximum atomic E-state index is 5.54. The van der Waals surface area contributed by atoms with Gasteiger partial charge in [0.25, 0.3) is 0 Å². The molecule has 2 aromatic carbocycles. The van der Waals surface area contributed by atoms with E-state index in [1.165, 1.54) is 5.69 Å². The molecule has 162 valence electrons. The summed E-state index contributed by atoms with van der Waals surface area (Å²) in [5, 5.41) is 6.95. The number of hydrogen-bond acceptors (Lipinski definition) is 5. The maximum Gasteiger partial charge on any atom is 0.191 e. The highest BCUT2D eigenvalue weighted by Crippen LogP contribution is 2.34. The highest BCUT2D eigenvalue weighted by molar-refractivity contribution is 5.80. The molecule has 1 saturated heterocycles. The first-order chi connectivity index (χ1) is 14.7. The number of methoxy groups -OCH3 is 3. The molecule has 0 amide bonds. The summed E-state index contributed by atoms with van der Waals surface area (Å²) in [5.74, 6) is 3.03. The maximum absolute atomic E-state index is 5.54. The van der Waals surface area contributed by atoms with Gasteiger partial charge in [0.05, 0.1) is 21.3 Å². The minimum atomic E-state index is 0.362. The molecule has 1 fully saturated rings. The average molecular weight is 413 g/mol. The van der Waals surface area contributed by atoms with E-state index >= 15 is 0 Å². The van der Waals surface area contributed by atoms with E-state index in [1.807, 2.05) is 18.2 Å². The first kappa shape index (κ1) is 21.6. The second-order valence-electron chi connectivity index (χ2n) is 7.17. The molecule has 7 nitrogen and oxygen atoms in total. The van der Waals surface area contributed by atoms with Crippen molar-refractivity contribution >= 4 is 11.6 Å². The quantitative estimate of drug-likeness (QED) is 0.513. The molecule has 0 aromatic heterocycles. The summed E-state index contributed by atoms with van der Waals surface area (Å²) in [5.41, 5.74) is 2.27. The van der Waals surface area contributed by atoms with Gasteiger partial charge in [0.15, 0.2) is 5.96 Å². The molecule has 3 rings (SSSR count). The van der Waals surface area contributed by atoms with Crippen LogP contribution in [-0.4, -0.2) is 60.0 Å². The molecule has 1 atom stereocenters.